The highest BCUT2D eigenvalue weighted by atomic mass is 19.4. The number of amides is 1. The molecule has 0 spiro atoms. The van der Waals surface area contributed by atoms with E-state index in [1.807, 2.05) is 26.8 Å². The van der Waals surface area contributed by atoms with Crippen LogP contribution in [0.4, 0.5) is 18.0 Å². The molecule has 1 heterocycles. The van der Waals surface area contributed by atoms with Crippen molar-refractivity contribution in [3.8, 4) is 12.5 Å². The Morgan fingerprint density at radius 2 is 1.63 bits per heavy atom. The molecule has 1 aliphatic rings. The van der Waals surface area contributed by atoms with Crippen LogP contribution in [-0.4, -0.2) is 60.3 Å². The molecule has 160 valence electrons. The number of terminal acetylenes is 1. The second-order valence-corrected chi connectivity index (χ2v) is 6.93. The summed E-state index contributed by atoms with van der Waals surface area (Å²) in [6, 6.07) is 0. The van der Waals surface area contributed by atoms with Gasteiger partial charge >= 0.3 is 12.3 Å². The minimum atomic E-state index is -4.00. The minimum Gasteiger partial charge on any atom is -0.501 e. The summed E-state index contributed by atoms with van der Waals surface area (Å²) in [6.45, 7) is 11.1. The minimum absolute atomic E-state index is 0.163. The van der Waals surface area contributed by atoms with Gasteiger partial charge in [0.05, 0.1) is 7.11 Å². The lowest BCUT2D eigenvalue weighted by atomic mass is 9.87. The first kappa shape index (κ1) is 29.7. The summed E-state index contributed by atoms with van der Waals surface area (Å²) in [5.74, 6) is 0.928. The molecule has 2 N–H and O–H groups in total. The van der Waals surface area contributed by atoms with E-state index < -0.39 is 11.8 Å². The van der Waals surface area contributed by atoms with Crippen molar-refractivity contribution in [2.45, 2.75) is 53.3 Å². The predicted molar refractivity (Wildman–Crippen MR) is 97.3 cm³/mol. The average Bonchev–Trinajstić information content (AvgIpc) is 2.45. The van der Waals surface area contributed by atoms with Gasteiger partial charge in [-0.1, -0.05) is 20.3 Å². The molecule has 0 aromatic rings. The van der Waals surface area contributed by atoms with Crippen molar-refractivity contribution in [1.29, 1.82) is 0 Å². The molecule has 0 atom stereocenters. The number of hydrogen-bond donors (Lipinski definition) is 2. The van der Waals surface area contributed by atoms with Crippen LogP contribution in [0.15, 0.2) is 11.8 Å². The van der Waals surface area contributed by atoms with Crippen LogP contribution >= 0.6 is 0 Å². The first-order valence-corrected chi connectivity index (χ1v) is 7.91. The van der Waals surface area contributed by atoms with E-state index in [-0.39, 0.29) is 18.4 Å². The smallest absolute Gasteiger partial charge is 0.410 e. The predicted octanol–water partition coefficient (Wildman–Crippen LogP) is 3.92. The Hall–Kier alpha value is -2.08. The van der Waals surface area contributed by atoms with Gasteiger partial charge in [0.2, 0.25) is 0 Å². The fourth-order valence-corrected chi connectivity index (χ4v) is 1.91. The molecule has 9 heteroatoms. The third kappa shape index (κ3) is 18.5. The maximum Gasteiger partial charge on any atom is 0.410 e. The Morgan fingerprint density at radius 3 is 1.89 bits per heavy atom. The zero-order valence-electron chi connectivity index (χ0n) is 17.3. The molecular weight excluding hydrogens is 367 g/mol. The molecule has 0 aromatic heterocycles. The van der Waals surface area contributed by atoms with Gasteiger partial charge in [0, 0.05) is 32.5 Å². The Kier molecular flexibility index (Phi) is 14.4. The highest BCUT2D eigenvalue weighted by Crippen LogP contribution is 2.31. The lowest BCUT2D eigenvalue weighted by Gasteiger charge is -2.37. The van der Waals surface area contributed by atoms with E-state index in [0.717, 1.165) is 12.9 Å². The van der Waals surface area contributed by atoms with E-state index in [2.05, 4.69) is 20.3 Å². The van der Waals surface area contributed by atoms with E-state index in [0.29, 0.717) is 13.1 Å². The molecule has 0 radical (unpaired) electrons. The van der Waals surface area contributed by atoms with Crippen molar-refractivity contribution in [2.75, 3.05) is 27.3 Å². The Morgan fingerprint density at radius 1 is 1.26 bits per heavy atom. The van der Waals surface area contributed by atoms with Crippen molar-refractivity contribution < 1.29 is 37.7 Å². The quantitative estimate of drug-likeness (QED) is 0.654. The van der Waals surface area contributed by atoms with Gasteiger partial charge in [-0.05, 0) is 26.8 Å². The number of aliphatic hydroxyl groups is 2. The van der Waals surface area contributed by atoms with Crippen LogP contribution in [0.2, 0.25) is 0 Å². The highest BCUT2D eigenvalue weighted by Gasteiger charge is 2.34. The number of methoxy groups -OCH3 is 1. The topological polar surface area (TPSA) is 79.2 Å². The number of alkyl halides is 3. The van der Waals surface area contributed by atoms with E-state index in [9.17, 15) is 18.0 Å². The molecule has 0 bridgehead atoms. The molecule has 0 unspecified atom stereocenters. The largest absolute Gasteiger partial charge is 0.501 e. The summed E-state index contributed by atoms with van der Waals surface area (Å²) in [6.07, 6.45) is 3.07. The summed E-state index contributed by atoms with van der Waals surface area (Å²) in [5, 5.41) is 14.1. The molecule has 1 amide bonds. The standard InChI is InChI=1S/C13H23NO3.C2H3F3.C2H2O.CH4O/c1-12(2,3)17-11(15)14-8-7-10(16-6)13(4,5)9-14;1-2(3,4)5;1-2-3;1-2/h7H,8-9H2,1-6H3;1H3;1,3H;2H,1H3. The Balaban J connectivity index is -0.000000481. The lowest BCUT2D eigenvalue weighted by molar-refractivity contribution is -0.110. The molecule has 0 saturated carbocycles. The number of carbonyl (C=O) groups is 1. The summed E-state index contributed by atoms with van der Waals surface area (Å²) in [4.78, 5) is 13.6. The molecule has 1 aliphatic heterocycles. The first-order chi connectivity index (χ1) is 12.1. The van der Waals surface area contributed by atoms with Gasteiger partial charge in [0.25, 0.3) is 0 Å². The van der Waals surface area contributed by atoms with Gasteiger partial charge < -0.3 is 24.6 Å². The number of halogens is 3. The summed E-state index contributed by atoms with van der Waals surface area (Å²) in [7, 11) is 2.66. The van der Waals surface area contributed by atoms with Crippen molar-refractivity contribution in [1.82, 2.24) is 4.90 Å². The van der Waals surface area contributed by atoms with E-state index in [1.165, 1.54) is 6.11 Å². The second kappa shape index (κ2) is 13.1. The van der Waals surface area contributed by atoms with Crippen LogP contribution in [0, 0.1) is 17.9 Å². The molecule has 27 heavy (non-hydrogen) atoms. The number of hydrogen-bond acceptors (Lipinski definition) is 5. The van der Waals surface area contributed by atoms with Crippen molar-refractivity contribution in [3.05, 3.63) is 11.8 Å². The maximum absolute atomic E-state index is 11.9. The fourth-order valence-electron chi connectivity index (χ4n) is 1.91. The van der Waals surface area contributed by atoms with Crippen molar-refractivity contribution in [3.63, 3.8) is 0 Å². The number of aliphatic hydroxyl groups excluding tert-OH is 2. The highest BCUT2D eigenvalue weighted by molar-refractivity contribution is 5.68. The van der Waals surface area contributed by atoms with Crippen molar-refractivity contribution in [2.24, 2.45) is 5.41 Å². The molecule has 0 aliphatic carbocycles. The maximum atomic E-state index is 11.9. The van der Waals surface area contributed by atoms with Crippen LogP contribution < -0.4 is 0 Å². The molecular formula is C18H32F3NO5. The Labute approximate surface area is 159 Å². The summed E-state index contributed by atoms with van der Waals surface area (Å²) < 4.78 is 41.7. The van der Waals surface area contributed by atoms with E-state index >= 15 is 0 Å². The van der Waals surface area contributed by atoms with Gasteiger partial charge in [-0.15, -0.1) is 0 Å². The number of carbonyl (C=O) groups excluding carboxylic acids is 1. The number of nitrogens with zero attached hydrogens (tertiary/aromatic N) is 1. The lowest BCUT2D eigenvalue weighted by Crippen LogP contribution is -2.45. The normalized spacial score (nSPS) is 15.1. The van der Waals surface area contributed by atoms with Crippen molar-refractivity contribution >= 4 is 6.09 Å². The fraction of sp³-hybridized carbons (Fsp3) is 0.722. The zero-order valence-corrected chi connectivity index (χ0v) is 17.3. The van der Waals surface area contributed by atoms with Gasteiger partial charge in [-0.3, -0.25) is 0 Å². The van der Waals surface area contributed by atoms with Gasteiger partial charge in [-0.25, -0.2) is 4.79 Å². The molecule has 1 rings (SSSR count). The number of ether oxygens (including phenoxy) is 2. The molecule has 0 aromatic carbocycles. The van der Waals surface area contributed by atoms with E-state index in [4.69, 9.17) is 19.7 Å². The third-order valence-corrected chi connectivity index (χ3v) is 2.62. The van der Waals surface area contributed by atoms with Crippen LogP contribution in [0.5, 0.6) is 0 Å². The second-order valence-electron chi connectivity index (χ2n) is 6.93. The summed E-state index contributed by atoms with van der Waals surface area (Å²) in [5.41, 5.74) is -0.615. The monoisotopic (exact) mass is 399 g/mol. The van der Waals surface area contributed by atoms with Crippen LogP contribution in [0.25, 0.3) is 0 Å². The third-order valence-electron chi connectivity index (χ3n) is 2.62. The van der Waals surface area contributed by atoms with Gasteiger partial charge in [0.1, 0.15) is 17.5 Å². The van der Waals surface area contributed by atoms with Crippen LogP contribution in [0.3, 0.4) is 0 Å². The molecule has 0 saturated heterocycles. The zero-order chi connectivity index (χ0) is 22.5. The molecule has 6 nitrogen and oxygen atoms in total. The van der Waals surface area contributed by atoms with Gasteiger partial charge in [-0.2, -0.15) is 13.2 Å². The average molecular weight is 399 g/mol. The van der Waals surface area contributed by atoms with Crippen LogP contribution in [0.1, 0.15) is 41.5 Å². The van der Waals surface area contributed by atoms with Crippen LogP contribution in [-0.2, 0) is 9.47 Å². The SMILES string of the molecule is C#CO.CC(F)(F)F.CO.COC1=CCN(C(=O)OC(C)(C)C)CC1(C)C. The summed E-state index contributed by atoms with van der Waals surface area (Å²) >= 11 is 0. The van der Waals surface area contributed by atoms with Gasteiger partial charge in [0.15, 0.2) is 0 Å². The van der Waals surface area contributed by atoms with E-state index in [1.54, 1.807) is 12.0 Å². The number of rotatable bonds is 1. The molecule has 0 fully saturated rings. The Bertz CT molecular complexity index is 483. The first-order valence-electron chi connectivity index (χ1n) is 7.91.